The summed E-state index contributed by atoms with van der Waals surface area (Å²) in [6.45, 7) is 6.44. The number of hydrogen-bond acceptors (Lipinski definition) is 2. The molecule has 1 rings (SSSR count). The van der Waals surface area contributed by atoms with Crippen LogP contribution in [0.5, 0.6) is 0 Å². The van der Waals surface area contributed by atoms with E-state index in [1.807, 2.05) is 0 Å². The zero-order valence-electron chi connectivity index (χ0n) is 11.1. The lowest BCUT2D eigenvalue weighted by Crippen LogP contribution is -2.33. The molecule has 1 saturated heterocycles. The molecule has 2 atom stereocenters. The maximum absolute atomic E-state index is 6.36. The Hall–Kier alpha value is -0.0800. The number of unbranched alkanes of at least 4 members (excludes halogenated alkanes) is 1. The molecule has 0 radical (unpaired) electrons. The van der Waals surface area contributed by atoms with E-state index in [0.717, 1.165) is 25.0 Å². The Morgan fingerprint density at radius 1 is 1.25 bits per heavy atom. The maximum atomic E-state index is 6.36. The first-order valence-electron chi connectivity index (χ1n) is 7.11. The molecular formula is C14H29NO. The van der Waals surface area contributed by atoms with Crippen molar-refractivity contribution in [1.29, 1.82) is 0 Å². The van der Waals surface area contributed by atoms with Gasteiger partial charge in [-0.15, -0.1) is 0 Å². The molecule has 1 heterocycles. The fourth-order valence-electron chi connectivity index (χ4n) is 2.75. The van der Waals surface area contributed by atoms with Gasteiger partial charge in [-0.25, -0.2) is 0 Å². The van der Waals surface area contributed by atoms with Crippen molar-refractivity contribution in [2.75, 3.05) is 13.2 Å². The largest absolute Gasteiger partial charge is 0.381 e. The summed E-state index contributed by atoms with van der Waals surface area (Å²) in [7, 11) is 0. The van der Waals surface area contributed by atoms with Crippen LogP contribution in [0.2, 0.25) is 0 Å². The third-order valence-electron chi connectivity index (χ3n) is 4.00. The van der Waals surface area contributed by atoms with Crippen LogP contribution in [0.1, 0.15) is 58.8 Å². The van der Waals surface area contributed by atoms with E-state index in [4.69, 9.17) is 10.5 Å². The molecule has 2 unspecified atom stereocenters. The van der Waals surface area contributed by atoms with Crippen LogP contribution >= 0.6 is 0 Å². The van der Waals surface area contributed by atoms with Crippen LogP contribution in [0, 0.1) is 11.8 Å². The highest BCUT2D eigenvalue weighted by Crippen LogP contribution is 2.25. The van der Waals surface area contributed by atoms with Crippen molar-refractivity contribution in [3.05, 3.63) is 0 Å². The molecule has 0 aromatic heterocycles. The molecule has 0 aliphatic carbocycles. The van der Waals surface area contributed by atoms with E-state index in [0.29, 0.717) is 6.04 Å². The van der Waals surface area contributed by atoms with Gasteiger partial charge in [-0.05, 0) is 37.5 Å². The predicted molar refractivity (Wildman–Crippen MR) is 69.4 cm³/mol. The highest BCUT2D eigenvalue weighted by Gasteiger charge is 2.21. The van der Waals surface area contributed by atoms with E-state index < -0.39 is 0 Å². The molecule has 1 aliphatic rings. The Kier molecular flexibility index (Phi) is 7.06. The van der Waals surface area contributed by atoms with Crippen LogP contribution < -0.4 is 5.73 Å². The first-order chi connectivity index (χ1) is 7.77. The Balaban J connectivity index is 2.26. The monoisotopic (exact) mass is 227 g/mol. The number of nitrogens with two attached hydrogens (primary N) is 1. The molecule has 0 saturated carbocycles. The van der Waals surface area contributed by atoms with E-state index in [9.17, 15) is 0 Å². The van der Waals surface area contributed by atoms with Crippen LogP contribution in [0.25, 0.3) is 0 Å². The Morgan fingerprint density at radius 2 is 1.94 bits per heavy atom. The van der Waals surface area contributed by atoms with E-state index in [1.54, 1.807) is 0 Å². The molecule has 2 N–H and O–H groups in total. The summed E-state index contributed by atoms with van der Waals surface area (Å²) in [5, 5.41) is 0. The molecular weight excluding hydrogens is 198 g/mol. The number of rotatable bonds is 7. The average Bonchev–Trinajstić information content (AvgIpc) is 2.31. The van der Waals surface area contributed by atoms with E-state index >= 15 is 0 Å². The molecule has 0 spiro atoms. The highest BCUT2D eigenvalue weighted by molar-refractivity contribution is 4.77. The molecule has 1 fully saturated rings. The lowest BCUT2D eigenvalue weighted by molar-refractivity contribution is 0.0594. The van der Waals surface area contributed by atoms with E-state index in [1.165, 1.54) is 44.9 Å². The molecule has 0 bridgehead atoms. The third-order valence-corrected chi connectivity index (χ3v) is 4.00. The molecule has 96 valence electrons. The first kappa shape index (κ1) is 14.0. The van der Waals surface area contributed by atoms with Crippen molar-refractivity contribution in [3.63, 3.8) is 0 Å². The van der Waals surface area contributed by atoms with Crippen molar-refractivity contribution in [3.8, 4) is 0 Å². The topological polar surface area (TPSA) is 35.2 Å². The first-order valence-corrected chi connectivity index (χ1v) is 7.11. The van der Waals surface area contributed by atoms with E-state index in [-0.39, 0.29) is 0 Å². The second-order valence-corrected chi connectivity index (χ2v) is 5.27. The minimum Gasteiger partial charge on any atom is -0.381 e. The molecule has 2 nitrogen and oxygen atoms in total. The molecule has 0 aromatic rings. The van der Waals surface area contributed by atoms with Crippen molar-refractivity contribution in [2.24, 2.45) is 17.6 Å². The van der Waals surface area contributed by atoms with Gasteiger partial charge in [0.15, 0.2) is 0 Å². The van der Waals surface area contributed by atoms with Gasteiger partial charge in [-0.3, -0.25) is 0 Å². The molecule has 16 heavy (non-hydrogen) atoms. The molecule has 0 aromatic carbocycles. The second-order valence-electron chi connectivity index (χ2n) is 5.27. The van der Waals surface area contributed by atoms with Gasteiger partial charge in [0.2, 0.25) is 0 Å². The van der Waals surface area contributed by atoms with Crippen molar-refractivity contribution >= 4 is 0 Å². The van der Waals surface area contributed by atoms with E-state index in [2.05, 4.69) is 13.8 Å². The zero-order chi connectivity index (χ0) is 11.8. The second kappa shape index (κ2) is 8.08. The fraction of sp³-hybridized carbons (Fsp3) is 1.00. The lowest BCUT2D eigenvalue weighted by atomic mass is 9.84. The minimum absolute atomic E-state index is 0.416. The summed E-state index contributed by atoms with van der Waals surface area (Å²) >= 11 is 0. The zero-order valence-corrected chi connectivity index (χ0v) is 11.1. The summed E-state index contributed by atoms with van der Waals surface area (Å²) in [6.07, 6.45) is 8.84. The quantitative estimate of drug-likeness (QED) is 0.724. The average molecular weight is 227 g/mol. The molecule has 0 amide bonds. The Labute approximate surface area is 101 Å². The lowest BCUT2D eigenvalue weighted by Gasteiger charge is -2.29. The molecule has 2 heteroatoms. The SMILES string of the molecule is CCCCC(CC)C(N)CC1CCOCC1. The summed E-state index contributed by atoms with van der Waals surface area (Å²) in [6, 6.07) is 0.416. The van der Waals surface area contributed by atoms with Gasteiger partial charge in [0, 0.05) is 19.3 Å². The number of hydrogen-bond donors (Lipinski definition) is 1. The Bertz CT molecular complexity index is 166. The van der Waals surface area contributed by atoms with Crippen molar-refractivity contribution in [1.82, 2.24) is 0 Å². The third kappa shape index (κ3) is 4.84. The normalized spacial score (nSPS) is 21.9. The van der Waals surface area contributed by atoms with Gasteiger partial charge in [0.1, 0.15) is 0 Å². The minimum atomic E-state index is 0.416. The molecule has 1 aliphatic heterocycles. The van der Waals surface area contributed by atoms with Gasteiger partial charge in [0.25, 0.3) is 0 Å². The van der Waals surface area contributed by atoms with Crippen LogP contribution in [0.3, 0.4) is 0 Å². The summed E-state index contributed by atoms with van der Waals surface area (Å²) in [5.41, 5.74) is 6.36. The van der Waals surface area contributed by atoms with Crippen molar-refractivity contribution in [2.45, 2.75) is 64.8 Å². The van der Waals surface area contributed by atoms with Gasteiger partial charge in [-0.1, -0.05) is 33.1 Å². The van der Waals surface area contributed by atoms with Gasteiger partial charge in [0.05, 0.1) is 0 Å². The maximum Gasteiger partial charge on any atom is 0.0468 e. The van der Waals surface area contributed by atoms with Crippen molar-refractivity contribution < 1.29 is 4.74 Å². The smallest absolute Gasteiger partial charge is 0.0468 e. The predicted octanol–water partition coefficient (Wildman–Crippen LogP) is 3.35. The van der Waals surface area contributed by atoms with Crippen LogP contribution in [-0.4, -0.2) is 19.3 Å². The fourth-order valence-corrected chi connectivity index (χ4v) is 2.75. The number of ether oxygens (including phenoxy) is 1. The standard InChI is InChI=1S/C14H29NO/c1-3-5-6-13(4-2)14(15)11-12-7-9-16-10-8-12/h12-14H,3-11,15H2,1-2H3. The Morgan fingerprint density at radius 3 is 2.50 bits per heavy atom. The van der Waals surface area contributed by atoms with Gasteiger partial charge < -0.3 is 10.5 Å². The summed E-state index contributed by atoms with van der Waals surface area (Å²) in [4.78, 5) is 0. The van der Waals surface area contributed by atoms with Crippen LogP contribution in [0.4, 0.5) is 0 Å². The van der Waals surface area contributed by atoms with Crippen LogP contribution in [-0.2, 0) is 4.74 Å². The van der Waals surface area contributed by atoms with Gasteiger partial charge in [-0.2, -0.15) is 0 Å². The summed E-state index contributed by atoms with van der Waals surface area (Å²) < 4.78 is 5.39. The van der Waals surface area contributed by atoms with Crippen LogP contribution in [0.15, 0.2) is 0 Å². The van der Waals surface area contributed by atoms with Gasteiger partial charge >= 0.3 is 0 Å². The highest BCUT2D eigenvalue weighted by atomic mass is 16.5. The summed E-state index contributed by atoms with van der Waals surface area (Å²) in [5.74, 6) is 1.56.